The molecule has 0 aliphatic heterocycles. The zero-order chi connectivity index (χ0) is 20.0. The second-order valence-electron chi connectivity index (χ2n) is 6.66. The van der Waals surface area contributed by atoms with E-state index in [9.17, 15) is 14.4 Å². The highest BCUT2D eigenvalue weighted by molar-refractivity contribution is 6.02. The van der Waals surface area contributed by atoms with Crippen LogP contribution in [0, 0.1) is 0 Å². The molecule has 0 saturated heterocycles. The maximum Gasteiger partial charge on any atom is 0.244 e. The molecule has 27 heavy (non-hydrogen) atoms. The zero-order valence-corrected chi connectivity index (χ0v) is 16.1. The van der Waals surface area contributed by atoms with Crippen LogP contribution in [0.1, 0.15) is 39.2 Å². The molecule has 0 heterocycles. The third kappa shape index (κ3) is 5.95. The lowest BCUT2D eigenvalue weighted by atomic mass is 10.0. The van der Waals surface area contributed by atoms with E-state index < -0.39 is 0 Å². The van der Waals surface area contributed by atoms with E-state index >= 15 is 0 Å². The smallest absolute Gasteiger partial charge is 0.244 e. The predicted octanol–water partition coefficient (Wildman–Crippen LogP) is 3.76. The van der Waals surface area contributed by atoms with Crippen molar-refractivity contribution in [1.82, 2.24) is 0 Å². The van der Waals surface area contributed by atoms with Crippen molar-refractivity contribution in [3.05, 3.63) is 54.1 Å². The minimum Gasteiger partial charge on any atom is -0.326 e. The van der Waals surface area contributed by atoms with Gasteiger partial charge in [0.2, 0.25) is 17.7 Å². The average Bonchev–Trinajstić information content (AvgIpc) is 2.59. The van der Waals surface area contributed by atoms with Gasteiger partial charge in [-0.3, -0.25) is 14.4 Å². The number of carbonyl (C=O) groups excluding carboxylic acids is 3. The Morgan fingerprint density at radius 3 is 2.04 bits per heavy atom. The van der Waals surface area contributed by atoms with E-state index in [-0.39, 0.29) is 24.3 Å². The van der Waals surface area contributed by atoms with E-state index in [2.05, 4.69) is 24.5 Å². The Labute approximate surface area is 159 Å². The van der Waals surface area contributed by atoms with Gasteiger partial charge in [-0.15, -0.1) is 0 Å². The Balaban J connectivity index is 2.09. The number of nitrogens with one attached hydrogen (secondary N) is 2. The van der Waals surface area contributed by atoms with Crippen LogP contribution in [0.15, 0.2) is 48.5 Å². The van der Waals surface area contributed by atoms with Gasteiger partial charge in [-0.05, 0) is 41.8 Å². The number of anilines is 3. The number of hydrogen-bond donors (Lipinski definition) is 2. The van der Waals surface area contributed by atoms with Gasteiger partial charge in [0.1, 0.15) is 6.54 Å². The molecular formula is C21H25N3O3. The van der Waals surface area contributed by atoms with Crippen molar-refractivity contribution in [2.24, 2.45) is 0 Å². The molecule has 0 aliphatic carbocycles. The number of hydrogen-bond acceptors (Lipinski definition) is 3. The number of nitrogens with zero attached hydrogens (tertiary/aromatic N) is 1. The summed E-state index contributed by atoms with van der Waals surface area (Å²) in [6.07, 6.45) is 0. The first kappa shape index (κ1) is 20.2. The fourth-order valence-corrected chi connectivity index (χ4v) is 2.65. The first-order valence-corrected chi connectivity index (χ1v) is 8.82. The molecule has 0 fully saturated rings. The third-order valence-electron chi connectivity index (χ3n) is 4.02. The number of carbonyl (C=O) groups is 3. The highest BCUT2D eigenvalue weighted by Gasteiger charge is 2.16. The normalized spacial score (nSPS) is 10.4. The molecule has 2 N–H and O–H groups in total. The number of benzene rings is 2. The van der Waals surface area contributed by atoms with Gasteiger partial charge >= 0.3 is 0 Å². The highest BCUT2D eigenvalue weighted by Crippen LogP contribution is 2.21. The average molecular weight is 367 g/mol. The Bertz CT molecular complexity index is 829. The lowest BCUT2D eigenvalue weighted by molar-refractivity contribution is -0.120. The molecule has 0 spiro atoms. The minimum atomic E-state index is -0.321. The lowest BCUT2D eigenvalue weighted by Gasteiger charge is -2.21. The summed E-state index contributed by atoms with van der Waals surface area (Å²) < 4.78 is 0. The monoisotopic (exact) mass is 367 g/mol. The molecule has 142 valence electrons. The summed E-state index contributed by atoms with van der Waals surface area (Å²) in [6.45, 7) is 6.95. The van der Waals surface area contributed by atoms with Crippen molar-refractivity contribution in [2.75, 3.05) is 22.1 Å². The van der Waals surface area contributed by atoms with Crippen LogP contribution >= 0.6 is 0 Å². The summed E-state index contributed by atoms with van der Waals surface area (Å²) in [7, 11) is 0. The topological polar surface area (TPSA) is 78.5 Å². The van der Waals surface area contributed by atoms with Crippen molar-refractivity contribution >= 4 is 34.8 Å². The molecule has 3 amide bonds. The fourth-order valence-electron chi connectivity index (χ4n) is 2.65. The van der Waals surface area contributed by atoms with E-state index in [0.29, 0.717) is 23.0 Å². The molecule has 6 heteroatoms. The summed E-state index contributed by atoms with van der Waals surface area (Å²) >= 11 is 0. The van der Waals surface area contributed by atoms with Crippen LogP contribution in [0.3, 0.4) is 0 Å². The van der Waals surface area contributed by atoms with E-state index in [1.165, 1.54) is 24.3 Å². The summed E-state index contributed by atoms with van der Waals surface area (Å²) in [4.78, 5) is 37.0. The molecular weight excluding hydrogens is 342 g/mol. The van der Waals surface area contributed by atoms with Crippen molar-refractivity contribution in [2.45, 2.75) is 33.6 Å². The van der Waals surface area contributed by atoms with Crippen LogP contribution in [0.2, 0.25) is 0 Å². The quantitative estimate of drug-likeness (QED) is 0.816. The van der Waals surface area contributed by atoms with Crippen LogP contribution in [-0.4, -0.2) is 24.3 Å². The van der Waals surface area contributed by atoms with E-state index in [1.54, 1.807) is 24.3 Å². The van der Waals surface area contributed by atoms with E-state index in [4.69, 9.17) is 0 Å². The van der Waals surface area contributed by atoms with Gasteiger partial charge in [0.15, 0.2) is 0 Å². The first-order valence-electron chi connectivity index (χ1n) is 8.82. The summed E-state index contributed by atoms with van der Waals surface area (Å²) in [6, 6.07) is 14.5. The maximum atomic E-state index is 12.4. The van der Waals surface area contributed by atoms with E-state index in [1.807, 2.05) is 24.3 Å². The Morgan fingerprint density at radius 1 is 0.926 bits per heavy atom. The van der Waals surface area contributed by atoms with E-state index in [0.717, 1.165) is 0 Å². The zero-order valence-electron chi connectivity index (χ0n) is 16.1. The summed E-state index contributed by atoms with van der Waals surface area (Å²) in [5.41, 5.74) is 2.98. The van der Waals surface area contributed by atoms with Crippen LogP contribution in [0.4, 0.5) is 17.1 Å². The van der Waals surface area contributed by atoms with Gasteiger partial charge in [0.25, 0.3) is 0 Å². The SMILES string of the molecule is CC(=O)Nc1cccc(NC(=O)CN(C(C)=O)c2ccc(C(C)C)cc2)c1. The number of amides is 3. The van der Waals surface area contributed by atoms with Gasteiger partial charge in [-0.1, -0.05) is 32.0 Å². The lowest BCUT2D eigenvalue weighted by Crippen LogP contribution is -2.36. The number of rotatable bonds is 6. The second kappa shape index (κ2) is 8.98. The van der Waals surface area contributed by atoms with Gasteiger partial charge in [-0.25, -0.2) is 0 Å². The van der Waals surface area contributed by atoms with Gasteiger partial charge in [-0.2, -0.15) is 0 Å². The standard InChI is InChI=1S/C21H25N3O3/c1-14(2)17-8-10-20(11-9-17)24(16(4)26)13-21(27)23-19-7-5-6-18(12-19)22-15(3)25/h5-12,14H,13H2,1-4H3,(H,22,25)(H,23,27). The molecule has 2 aromatic rings. The van der Waals surface area contributed by atoms with Crippen molar-refractivity contribution in [3.8, 4) is 0 Å². The molecule has 0 saturated carbocycles. The van der Waals surface area contributed by atoms with Crippen molar-refractivity contribution < 1.29 is 14.4 Å². The molecule has 2 aromatic carbocycles. The molecule has 0 bridgehead atoms. The summed E-state index contributed by atoms with van der Waals surface area (Å²) in [5.74, 6) is -0.331. The molecule has 0 aliphatic rings. The van der Waals surface area contributed by atoms with Crippen LogP contribution in [0.25, 0.3) is 0 Å². The summed E-state index contributed by atoms with van der Waals surface area (Å²) in [5, 5.41) is 5.42. The predicted molar refractivity (Wildman–Crippen MR) is 108 cm³/mol. The molecule has 0 atom stereocenters. The third-order valence-corrected chi connectivity index (χ3v) is 4.02. The Hall–Kier alpha value is -3.15. The highest BCUT2D eigenvalue weighted by atomic mass is 16.2. The minimum absolute atomic E-state index is 0.0965. The van der Waals surface area contributed by atoms with Crippen molar-refractivity contribution in [3.63, 3.8) is 0 Å². The van der Waals surface area contributed by atoms with Crippen LogP contribution < -0.4 is 15.5 Å². The van der Waals surface area contributed by atoms with Crippen LogP contribution in [0.5, 0.6) is 0 Å². The molecule has 0 radical (unpaired) electrons. The molecule has 6 nitrogen and oxygen atoms in total. The Kier molecular flexibility index (Phi) is 6.71. The Morgan fingerprint density at radius 2 is 1.52 bits per heavy atom. The van der Waals surface area contributed by atoms with Gasteiger partial charge < -0.3 is 15.5 Å². The molecule has 0 aromatic heterocycles. The molecule has 2 rings (SSSR count). The first-order chi connectivity index (χ1) is 12.8. The largest absolute Gasteiger partial charge is 0.326 e. The van der Waals surface area contributed by atoms with Gasteiger partial charge in [0, 0.05) is 30.9 Å². The molecule has 0 unspecified atom stereocenters. The fraction of sp³-hybridized carbons (Fsp3) is 0.286. The van der Waals surface area contributed by atoms with Crippen LogP contribution in [-0.2, 0) is 14.4 Å². The van der Waals surface area contributed by atoms with Gasteiger partial charge in [0.05, 0.1) is 0 Å². The maximum absolute atomic E-state index is 12.4. The second-order valence-corrected chi connectivity index (χ2v) is 6.66. The van der Waals surface area contributed by atoms with Crippen molar-refractivity contribution in [1.29, 1.82) is 0 Å².